The molecule has 3 heterocycles. The lowest BCUT2D eigenvalue weighted by Gasteiger charge is -2.08. The van der Waals surface area contributed by atoms with Gasteiger partial charge in [0.1, 0.15) is 16.4 Å². The van der Waals surface area contributed by atoms with Crippen molar-refractivity contribution in [3.63, 3.8) is 0 Å². The van der Waals surface area contributed by atoms with Crippen molar-refractivity contribution in [2.75, 3.05) is 0 Å². The van der Waals surface area contributed by atoms with Crippen molar-refractivity contribution in [1.29, 1.82) is 0 Å². The Morgan fingerprint density at radius 1 is 1.39 bits per heavy atom. The first-order chi connectivity index (χ1) is 13.4. The van der Waals surface area contributed by atoms with E-state index in [0.717, 1.165) is 11.3 Å². The second kappa shape index (κ2) is 6.83. The Morgan fingerprint density at radius 2 is 2.14 bits per heavy atom. The smallest absolute Gasteiger partial charge is 0.387 e. The van der Waals surface area contributed by atoms with Crippen LogP contribution in [0.4, 0.5) is 8.78 Å². The number of carboxylic acid groups (broad SMARTS) is 1. The molecular formula is C19H13F2N2O4S-. The van der Waals surface area contributed by atoms with Crippen LogP contribution in [0.3, 0.4) is 0 Å². The first-order valence-electron chi connectivity index (χ1n) is 8.37. The first kappa shape index (κ1) is 18.3. The van der Waals surface area contributed by atoms with Gasteiger partial charge in [0.15, 0.2) is 0 Å². The number of hydrogen-bond acceptors (Lipinski definition) is 6. The van der Waals surface area contributed by atoms with Crippen LogP contribution in [-0.2, 0) is 6.54 Å². The van der Waals surface area contributed by atoms with Gasteiger partial charge in [-0.2, -0.15) is 8.78 Å². The van der Waals surface area contributed by atoms with E-state index in [1.807, 2.05) is 0 Å². The van der Waals surface area contributed by atoms with Crippen molar-refractivity contribution in [3.05, 3.63) is 56.4 Å². The molecule has 4 rings (SSSR count). The molecule has 0 saturated carbocycles. The number of nitrogens with zero attached hydrogens (tertiary/aromatic N) is 2. The number of carboxylic acids is 1. The molecule has 0 spiro atoms. The Bertz CT molecular complexity index is 1200. The standard InChI is InChI=1S/C19H14F2N2O4S/c1-9-13-16(28-14(9)18(25)26)22-15-11(6-7-23(15)17(13)24)8-10-4-2-3-5-12(10)27-19(20)21/h2-5,8,19H,6-7H2,1H3,(H,25,26)/p-1/b11-8-. The number of rotatable bonds is 4. The van der Waals surface area contributed by atoms with Gasteiger partial charge in [0, 0.05) is 12.1 Å². The molecule has 0 radical (unpaired) electrons. The fourth-order valence-corrected chi connectivity index (χ4v) is 4.34. The summed E-state index contributed by atoms with van der Waals surface area (Å²) in [6, 6.07) is 6.35. The van der Waals surface area contributed by atoms with Gasteiger partial charge in [-0.3, -0.25) is 9.36 Å². The molecule has 3 aromatic rings. The number of aryl methyl sites for hydroxylation is 1. The average molecular weight is 403 g/mol. The van der Waals surface area contributed by atoms with Gasteiger partial charge in [-0.25, -0.2) is 4.98 Å². The molecule has 1 aromatic carbocycles. The van der Waals surface area contributed by atoms with E-state index < -0.39 is 12.6 Å². The van der Waals surface area contributed by atoms with Crippen LogP contribution in [0.1, 0.15) is 33.0 Å². The number of ether oxygens (including phenoxy) is 1. The third-order valence-electron chi connectivity index (χ3n) is 4.59. The number of halogens is 2. The Labute approximate surface area is 161 Å². The van der Waals surface area contributed by atoms with E-state index in [4.69, 9.17) is 0 Å². The van der Waals surface area contributed by atoms with Crippen molar-refractivity contribution in [1.82, 2.24) is 9.55 Å². The second-order valence-corrected chi connectivity index (χ2v) is 7.25. The molecular weight excluding hydrogens is 390 g/mol. The van der Waals surface area contributed by atoms with Gasteiger partial charge < -0.3 is 14.6 Å². The fraction of sp³-hybridized carbons (Fsp3) is 0.211. The summed E-state index contributed by atoms with van der Waals surface area (Å²) in [7, 11) is 0. The third kappa shape index (κ3) is 2.97. The van der Waals surface area contributed by atoms with Crippen molar-refractivity contribution in [2.45, 2.75) is 26.5 Å². The van der Waals surface area contributed by atoms with Gasteiger partial charge in [0.2, 0.25) is 0 Å². The number of aromatic nitrogens is 2. The lowest BCUT2D eigenvalue weighted by atomic mass is 10.1. The average Bonchev–Trinajstić information content (AvgIpc) is 3.18. The van der Waals surface area contributed by atoms with Gasteiger partial charge >= 0.3 is 6.61 Å². The minimum Gasteiger partial charge on any atom is -0.544 e. The van der Waals surface area contributed by atoms with E-state index in [-0.39, 0.29) is 21.6 Å². The number of carbonyl (C=O) groups is 1. The van der Waals surface area contributed by atoms with Crippen molar-refractivity contribution in [3.8, 4) is 5.75 Å². The number of para-hydroxylation sites is 1. The van der Waals surface area contributed by atoms with Crippen molar-refractivity contribution >= 4 is 39.2 Å². The van der Waals surface area contributed by atoms with Crippen LogP contribution in [0.5, 0.6) is 5.75 Å². The predicted octanol–water partition coefficient (Wildman–Crippen LogP) is 2.68. The van der Waals surface area contributed by atoms with E-state index in [1.54, 1.807) is 31.2 Å². The zero-order valence-corrected chi connectivity index (χ0v) is 15.4. The van der Waals surface area contributed by atoms with Crippen molar-refractivity contribution < 1.29 is 23.4 Å². The zero-order chi connectivity index (χ0) is 20.0. The van der Waals surface area contributed by atoms with Gasteiger partial charge in [-0.05, 0) is 36.6 Å². The molecule has 0 amide bonds. The summed E-state index contributed by atoms with van der Waals surface area (Å²) in [5.74, 6) is -0.924. The van der Waals surface area contributed by atoms with Gasteiger partial charge in [0.25, 0.3) is 5.56 Å². The SMILES string of the molecule is Cc1c(C(=O)[O-])sc2nc3n(c(=O)c12)CC/C3=C/c1ccccc1OC(F)F. The maximum atomic E-state index is 12.9. The van der Waals surface area contributed by atoms with Crippen LogP contribution in [0, 0.1) is 6.92 Å². The molecule has 0 N–H and O–H groups in total. The van der Waals surface area contributed by atoms with Gasteiger partial charge in [-0.15, -0.1) is 11.3 Å². The van der Waals surface area contributed by atoms with E-state index >= 15 is 0 Å². The Balaban J connectivity index is 1.86. The van der Waals surface area contributed by atoms with Crippen LogP contribution in [0.15, 0.2) is 29.1 Å². The van der Waals surface area contributed by atoms with Crippen LogP contribution in [-0.4, -0.2) is 22.1 Å². The lowest BCUT2D eigenvalue weighted by Crippen LogP contribution is -2.23. The molecule has 0 saturated heterocycles. The largest absolute Gasteiger partial charge is 0.544 e. The highest BCUT2D eigenvalue weighted by atomic mass is 32.1. The van der Waals surface area contributed by atoms with Gasteiger partial charge in [0.05, 0.1) is 16.2 Å². The summed E-state index contributed by atoms with van der Waals surface area (Å²) in [4.78, 5) is 28.9. The summed E-state index contributed by atoms with van der Waals surface area (Å²) < 4.78 is 31.3. The summed E-state index contributed by atoms with van der Waals surface area (Å²) in [5, 5.41) is 11.5. The highest BCUT2D eigenvalue weighted by molar-refractivity contribution is 7.20. The number of aromatic carboxylic acids is 1. The number of alkyl halides is 2. The maximum Gasteiger partial charge on any atom is 0.387 e. The number of allylic oxidation sites excluding steroid dienone is 1. The quantitative estimate of drug-likeness (QED) is 0.669. The zero-order valence-electron chi connectivity index (χ0n) is 14.6. The minimum absolute atomic E-state index is 0.0231. The monoisotopic (exact) mass is 403 g/mol. The molecule has 28 heavy (non-hydrogen) atoms. The summed E-state index contributed by atoms with van der Waals surface area (Å²) in [6.45, 7) is -1.02. The molecule has 2 aromatic heterocycles. The predicted molar refractivity (Wildman–Crippen MR) is 98.5 cm³/mol. The van der Waals surface area contributed by atoms with Gasteiger partial charge in [-0.1, -0.05) is 18.2 Å². The molecule has 1 aliphatic heterocycles. The second-order valence-electron chi connectivity index (χ2n) is 6.25. The highest BCUT2D eigenvalue weighted by Gasteiger charge is 2.24. The van der Waals surface area contributed by atoms with E-state index in [0.29, 0.717) is 40.3 Å². The number of carbonyl (C=O) groups excluding carboxylic acids is 1. The summed E-state index contributed by atoms with van der Waals surface area (Å²) in [5.41, 5.74) is 1.16. The highest BCUT2D eigenvalue weighted by Crippen LogP contribution is 2.33. The maximum absolute atomic E-state index is 12.9. The fourth-order valence-electron chi connectivity index (χ4n) is 3.34. The number of fused-ring (bicyclic) bond motifs is 2. The molecule has 0 atom stereocenters. The molecule has 144 valence electrons. The molecule has 0 unspecified atom stereocenters. The molecule has 0 fully saturated rings. The summed E-state index contributed by atoms with van der Waals surface area (Å²) >= 11 is 0.895. The number of hydrogen-bond donors (Lipinski definition) is 0. The third-order valence-corrected chi connectivity index (χ3v) is 5.76. The Morgan fingerprint density at radius 3 is 2.86 bits per heavy atom. The lowest BCUT2D eigenvalue weighted by molar-refractivity contribution is -0.254. The van der Waals surface area contributed by atoms with Crippen molar-refractivity contribution in [2.24, 2.45) is 0 Å². The number of benzene rings is 1. The molecule has 0 bridgehead atoms. The minimum atomic E-state index is -2.95. The van der Waals surface area contributed by atoms with Crippen LogP contribution >= 0.6 is 11.3 Å². The molecule has 9 heteroatoms. The van der Waals surface area contributed by atoms with Crippen LogP contribution < -0.4 is 15.4 Å². The van der Waals surface area contributed by atoms with E-state index in [9.17, 15) is 23.5 Å². The number of thiophene rings is 1. The molecule has 1 aliphatic rings. The van der Waals surface area contributed by atoms with E-state index in [2.05, 4.69) is 9.72 Å². The van der Waals surface area contributed by atoms with E-state index in [1.165, 1.54) is 10.6 Å². The normalized spacial score (nSPS) is 14.8. The van der Waals surface area contributed by atoms with Crippen LogP contribution in [0.2, 0.25) is 0 Å². The Hall–Kier alpha value is -3.07. The molecule has 6 nitrogen and oxygen atoms in total. The Kier molecular flexibility index (Phi) is 4.46. The van der Waals surface area contributed by atoms with Crippen LogP contribution in [0.25, 0.3) is 21.9 Å². The summed E-state index contributed by atoms with van der Waals surface area (Å²) in [6.07, 6.45) is 2.16. The molecule has 0 aliphatic carbocycles. The topological polar surface area (TPSA) is 84.2 Å². The first-order valence-corrected chi connectivity index (χ1v) is 9.18.